The Morgan fingerprint density at radius 1 is 1.46 bits per heavy atom. The highest BCUT2D eigenvalue weighted by molar-refractivity contribution is 7.86. The van der Waals surface area contributed by atoms with Crippen LogP contribution in [0.5, 0.6) is 0 Å². The van der Waals surface area contributed by atoms with Crippen molar-refractivity contribution in [3.05, 3.63) is 36.9 Å². The number of imidazole rings is 1. The number of rotatable bonds is 9. The van der Waals surface area contributed by atoms with Crippen LogP contribution in [0.3, 0.4) is 0 Å². The number of carbonyl (C=O) groups is 2. The number of hydrogen-bond acceptors (Lipinski definition) is 7. The maximum Gasteiger partial charge on any atom is 0.410 e. The molecule has 1 fully saturated rings. The second-order valence-electron chi connectivity index (χ2n) is 6.37. The van der Waals surface area contributed by atoms with E-state index in [1.54, 1.807) is 23.2 Å². The topological polar surface area (TPSA) is 134 Å². The lowest BCUT2D eigenvalue weighted by molar-refractivity contribution is -0.113. The monoisotopic (exact) mass is 412 g/mol. The molecule has 10 nitrogen and oxygen atoms in total. The van der Waals surface area contributed by atoms with Gasteiger partial charge in [0.2, 0.25) is 5.91 Å². The molecule has 2 N–H and O–H groups in total. The Balaban J connectivity index is 2.07. The number of likely N-dealkylation sites (tertiary alicyclic amines) is 1. The normalized spacial score (nSPS) is 19.8. The van der Waals surface area contributed by atoms with E-state index in [2.05, 4.69) is 11.6 Å². The van der Waals surface area contributed by atoms with Crippen LogP contribution < -0.4 is 5.73 Å². The molecule has 2 rings (SSSR count). The first-order valence-electron chi connectivity index (χ1n) is 8.59. The van der Waals surface area contributed by atoms with E-state index in [4.69, 9.17) is 14.7 Å². The average molecular weight is 412 g/mol. The van der Waals surface area contributed by atoms with Crippen molar-refractivity contribution in [1.29, 1.82) is 0 Å². The molecular weight excluding hydrogens is 388 g/mol. The van der Waals surface area contributed by atoms with E-state index >= 15 is 0 Å². The summed E-state index contributed by atoms with van der Waals surface area (Å²) in [6.45, 7) is 4.16. The predicted octanol–water partition coefficient (Wildman–Crippen LogP) is 0.513. The smallest absolute Gasteiger partial charge is 0.410 e. The number of ether oxygens (including phenoxy) is 1. The van der Waals surface area contributed by atoms with Gasteiger partial charge in [0.05, 0.1) is 37.1 Å². The molecule has 2 atom stereocenters. The highest BCUT2D eigenvalue weighted by atomic mass is 32.2. The summed E-state index contributed by atoms with van der Waals surface area (Å²) in [4.78, 5) is 28.7. The quantitative estimate of drug-likeness (QED) is 0.355. The lowest BCUT2D eigenvalue weighted by Crippen LogP contribution is -2.37. The predicted molar refractivity (Wildman–Crippen MR) is 101 cm³/mol. The summed E-state index contributed by atoms with van der Waals surface area (Å²) in [6.07, 6.45) is 8.09. The summed E-state index contributed by atoms with van der Waals surface area (Å²) in [7, 11) is -3.64. The zero-order chi connectivity index (χ0) is 20.7. The Hall–Kier alpha value is -2.66. The molecule has 0 aromatic carbocycles. The third-order valence-electron chi connectivity index (χ3n) is 4.11. The van der Waals surface area contributed by atoms with Crippen molar-refractivity contribution in [2.75, 3.05) is 19.4 Å². The minimum absolute atomic E-state index is 0.0588. The van der Waals surface area contributed by atoms with Gasteiger partial charge in [-0.2, -0.15) is 8.42 Å². The van der Waals surface area contributed by atoms with E-state index < -0.39 is 28.2 Å². The number of nitrogens with two attached hydrogens (primary N) is 1. The zero-order valence-corrected chi connectivity index (χ0v) is 16.4. The van der Waals surface area contributed by atoms with Crippen molar-refractivity contribution in [2.24, 2.45) is 5.73 Å². The lowest BCUT2D eigenvalue weighted by Gasteiger charge is -2.23. The minimum atomic E-state index is -3.64. The number of nitrogens with zero attached hydrogens (tertiary/aromatic N) is 3. The van der Waals surface area contributed by atoms with Crippen molar-refractivity contribution >= 4 is 28.2 Å². The van der Waals surface area contributed by atoms with Crippen LogP contribution in [0, 0.1) is 0 Å². The highest BCUT2D eigenvalue weighted by Gasteiger charge is 2.38. The molecule has 2 heterocycles. The Kier molecular flexibility index (Phi) is 7.35. The number of aromatic nitrogens is 2. The Labute approximate surface area is 163 Å². The fraction of sp³-hybridized carbons (Fsp3) is 0.471. The SMILES string of the molecule is C=CCOC(=O)N1CC(OS(C)(=O)=O)CC1CCn1cncc1C=CC(N)=O. The molecule has 1 aliphatic heterocycles. The second-order valence-corrected chi connectivity index (χ2v) is 7.97. The van der Waals surface area contributed by atoms with Crippen LogP contribution in [0.15, 0.2) is 31.3 Å². The van der Waals surface area contributed by atoms with E-state index in [-0.39, 0.29) is 19.2 Å². The first-order chi connectivity index (χ1) is 13.2. The van der Waals surface area contributed by atoms with Crippen molar-refractivity contribution in [2.45, 2.75) is 31.5 Å². The fourth-order valence-corrected chi connectivity index (χ4v) is 3.65. The van der Waals surface area contributed by atoms with Gasteiger partial charge in [0.15, 0.2) is 0 Å². The minimum Gasteiger partial charge on any atom is -0.445 e. The van der Waals surface area contributed by atoms with Gasteiger partial charge in [-0.05, 0) is 18.9 Å². The van der Waals surface area contributed by atoms with Crippen LogP contribution in [0.4, 0.5) is 4.79 Å². The lowest BCUT2D eigenvalue weighted by atomic mass is 10.1. The van der Waals surface area contributed by atoms with Gasteiger partial charge in [0.1, 0.15) is 6.61 Å². The summed E-state index contributed by atoms with van der Waals surface area (Å²) in [6, 6.07) is -0.278. The van der Waals surface area contributed by atoms with Gasteiger partial charge >= 0.3 is 6.09 Å². The van der Waals surface area contributed by atoms with E-state index in [9.17, 15) is 18.0 Å². The van der Waals surface area contributed by atoms with Crippen molar-refractivity contribution in [1.82, 2.24) is 14.5 Å². The van der Waals surface area contributed by atoms with Crippen molar-refractivity contribution in [3.63, 3.8) is 0 Å². The molecule has 0 spiro atoms. The standard InChI is InChI=1S/C17H24N4O6S/c1-3-8-26-17(23)21-11-15(27-28(2,24)25)9-13(21)6-7-20-12-19-10-14(20)4-5-16(18)22/h3-5,10,12-13,15H,1,6-9,11H2,2H3,(H2,18,22). The van der Waals surface area contributed by atoms with Gasteiger partial charge < -0.3 is 19.9 Å². The van der Waals surface area contributed by atoms with E-state index in [0.29, 0.717) is 25.1 Å². The summed E-state index contributed by atoms with van der Waals surface area (Å²) < 4.78 is 34.8. The molecule has 154 valence electrons. The first kappa shape index (κ1) is 21.6. The molecule has 1 aliphatic rings. The molecule has 0 bridgehead atoms. The number of aryl methyl sites for hydroxylation is 1. The highest BCUT2D eigenvalue weighted by Crippen LogP contribution is 2.25. The van der Waals surface area contributed by atoms with Gasteiger partial charge in [-0.3, -0.25) is 8.98 Å². The Bertz CT molecular complexity index is 848. The van der Waals surface area contributed by atoms with Crippen LogP contribution in [0.1, 0.15) is 18.5 Å². The molecule has 0 saturated carbocycles. The van der Waals surface area contributed by atoms with E-state index in [1.165, 1.54) is 17.1 Å². The van der Waals surface area contributed by atoms with Crippen molar-refractivity contribution < 1.29 is 26.9 Å². The Morgan fingerprint density at radius 2 is 2.21 bits per heavy atom. The summed E-state index contributed by atoms with van der Waals surface area (Å²) in [5.41, 5.74) is 5.79. The Morgan fingerprint density at radius 3 is 2.86 bits per heavy atom. The van der Waals surface area contributed by atoms with E-state index in [0.717, 1.165) is 6.26 Å². The number of carbonyl (C=O) groups excluding carboxylic acids is 2. The molecule has 28 heavy (non-hydrogen) atoms. The number of hydrogen-bond donors (Lipinski definition) is 1. The van der Waals surface area contributed by atoms with Gasteiger partial charge in [0, 0.05) is 18.7 Å². The molecule has 2 amide bonds. The summed E-state index contributed by atoms with van der Waals surface area (Å²) >= 11 is 0. The molecule has 0 aliphatic carbocycles. The molecular formula is C17H24N4O6S. The second kappa shape index (κ2) is 9.51. The third kappa shape index (κ3) is 6.50. The van der Waals surface area contributed by atoms with Gasteiger partial charge in [0.25, 0.3) is 10.1 Å². The summed E-state index contributed by atoms with van der Waals surface area (Å²) in [5.74, 6) is -0.569. The fourth-order valence-electron chi connectivity index (χ4n) is 3.01. The zero-order valence-electron chi connectivity index (χ0n) is 15.6. The maximum absolute atomic E-state index is 12.3. The number of primary amides is 1. The summed E-state index contributed by atoms with van der Waals surface area (Å²) in [5, 5.41) is 0. The van der Waals surface area contributed by atoms with Crippen LogP contribution in [0.2, 0.25) is 0 Å². The molecule has 1 aromatic heterocycles. The molecule has 1 saturated heterocycles. The van der Waals surface area contributed by atoms with Gasteiger partial charge in [-0.25, -0.2) is 9.78 Å². The van der Waals surface area contributed by atoms with Crippen LogP contribution in [-0.4, -0.2) is 66.4 Å². The molecule has 1 aromatic rings. The maximum atomic E-state index is 12.3. The average Bonchev–Trinajstić information content (AvgIpc) is 3.20. The number of amides is 2. The van der Waals surface area contributed by atoms with Gasteiger partial charge in [-0.15, -0.1) is 0 Å². The first-order valence-corrected chi connectivity index (χ1v) is 10.4. The van der Waals surface area contributed by atoms with Crippen LogP contribution in [-0.2, 0) is 30.4 Å². The van der Waals surface area contributed by atoms with E-state index in [1.807, 2.05) is 0 Å². The molecule has 0 radical (unpaired) electrons. The van der Waals surface area contributed by atoms with Crippen LogP contribution >= 0.6 is 0 Å². The molecule has 2 unspecified atom stereocenters. The van der Waals surface area contributed by atoms with Gasteiger partial charge in [-0.1, -0.05) is 12.7 Å². The largest absolute Gasteiger partial charge is 0.445 e. The van der Waals surface area contributed by atoms with Crippen LogP contribution in [0.25, 0.3) is 6.08 Å². The molecule has 11 heteroatoms. The third-order valence-corrected chi connectivity index (χ3v) is 4.73. The van der Waals surface area contributed by atoms with Crippen molar-refractivity contribution in [3.8, 4) is 0 Å².